The number of imide groups is 2. The van der Waals surface area contributed by atoms with E-state index in [0.29, 0.717) is 50.2 Å². The predicted molar refractivity (Wildman–Crippen MR) is 196 cm³/mol. The van der Waals surface area contributed by atoms with Gasteiger partial charge < -0.3 is 5.11 Å². The lowest BCUT2D eigenvalue weighted by Gasteiger charge is -2.50. The highest BCUT2D eigenvalue weighted by atomic mass is 79.9. The SMILES string of the molecule is Cc1cccc([C@H]2C3=CC[C@@H]4C(=O)N(c5ccc(Br)cc5)C(=O)[C@@H]4[C@@H]3C[C@H]3C(=O)N(Nc4ncc(C(F)(F)F)cc4Cl)C(=O)[C@@]23c2ccc(Cl)cc2)c1O. The quantitative estimate of drug-likeness (QED) is 0.153. The number of nitrogens with one attached hydrogen (secondary N) is 1. The number of allylic oxidation sites excluding steroid dienone is 2. The van der Waals surface area contributed by atoms with Crippen molar-refractivity contribution >= 4 is 74.3 Å². The molecule has 8 rings (SSSR count). The smallest absolute Gasteiger partial charge is 0.417 e. The summed E-state index contributed by atoms with van der Waals surface area (Å²) >= 11 is 16.0. The molecule has 2 N–H and O–H groups in total. The van der Waals surface area contributed by atoms with Crippen LogP contribution in [0.5, 0.6) is 5.75 Å². The largest absolute Gasteiger partial charge is 0.507 e. The third-order valence-electron chi connectivity index (χ3n) is 11.2. The van der Waals surface area contributed by atoms with E-state index in [1.165, 1.54) is 4.90 Å². The molecular weight excluding hydrogens is 812 g/mol. The number of hydrazine groups is 1. The number of phenols is 1. The maximum atomic E-state index is 15.3. The van der Waals surface area contributed by atoms with Crippen LogP contribution in [0.25, 0.3) is 0 Å². The molecule has 4 aromatic rings. The molecule has 3 aromatic carbocycles. The average molecular weight is 840 g/mol. The van der Waals surface area contributed by atoms with Gasteiger partial charge in [-0.2, -0.15) is 18.2 Å². The van der Waals surface area contributed by atoms with E-state index >= 15 is 4.79 Å². The molecule has 276 valence electrons. The Kier molecular flexibility index (Phi) is 8.70. The number of para-hydroxylation sites is 1. The number of anilines is 2. The second kappa shape index (κ2) is 13.0. The van der Waals surface area contributed by atoms with Crippen LogP contribution >= 0.6 is 39.1 Å². The Labute approximate surface area is 324 Å². The van der Waals surface area contributed by atoms with Gasteiger partial charge in [0.15, 0.2) is 5.82 Å². The van der Waals surface area contributed by atoms with E-state index < -0.39 is 69.5 Å². The molecule has 54 heavy (non-hydrogen) atoms. The van der Waals surface area contributed by atoms with Crippen LogP contribution in [-0.2, 0) is 30.8 Å². The van der Waals surface area contributed by atoms with E-state index in [4.69, 9.17) is 23.2 Å². The number of phenolic OH excluding ortho intramolecular Hbond substituents is 1. The van der Waals surface area contributed by atoms with Crippen molar-refractivity contribution in [3.63, 3.8) is 0 Å². The molecule has 2 aliphatic heterocycles. The summed E-state index contributed by atoms with van der Waals surface area (Å²) in [6.07, 6.45) is -2.26. The van der Waals surface area contributed by atoms with Gasteiger partial charge >= 0.3 is 6.18 Å². The summed E-state index contributed by atoms with van der Waals surface area (Å²) in [5, 5.41) is 12.3. The first-order valence-electron chi connectivity index (χ1n) is 16.9. The molecule has 0 spiro atoms. The summed E-state index contributed by atoms with van der Waals surface area (Å²) in [7, 11) is 0. The summed E-state index contributed by atoms with van der Waals surface area (Å²) in [4.78, 5) is 63.5. The van der Waals surface area contributed by atoms with Gasteiger partial charge in [0.05, 0.1) is 39.4 Å². The van der Waals surface area contributed by atoms with Crippen molar-refractivity contribution in [2.75, 3.05) is 10.3 Å². The topological polar surface area (TPSA) is 120 Å². The summed E-state index contributed by atoms with van der Waals surface area (Å²) in [5.74, 6) is -7.48. The number of carbonyl (C=O) groups excluding carboxylic acids is 4. The standard InChI is InChI=1S/C39H28BrCl2F3N4O5/c1-18-3-2-4-26(32(18)50)31-24-13-14-25-30(36(53)48(34(25)51)23-11-7-21(40)8-12-23)27(24)16-28-35(52)49(37(54)38(28,31)19-5-9-22(41)10-6-19)47-33-29(42)15-20(17-46-33)39(43,44)45/h2-13,15,17,25,27-28,30-31,50H,14,16H2,1H3,(H,46,47)/t25-,27+,28-,30-,31+,38+/m0/s1. The van der Waals surface area contributed by atoms with Gasteiger partial charge in [0.25, 0.3) is 11.8 Å². The number of fused-ring (bicyclic) bond motifs is 4. The van der Waals surface area contributed by atoms with Gasteiger partial charge in [0.2, 0.25) is 11.8 Å². The van der Waals surface area contributed by atoms with E-state index in [1.54, 1.807) is 73.7 Å². The van der Waals surface area contributed by atoms with Gasteiger partial charge in [-0.25, -0.2) is 4.98 Å². The average Bonchev–Trinajstić information content (AvgIpc) is 3.51. The van der Waals surface area contributed by atoms with Crippen molar-refractivity contribution < 1.29 is 37.5 Å². The van der Waals surface area contributed by atoms with Crippen LogP contribution in [0.1, 0.15) is 41.0 Å². The van der Waals surface area contributed by atoms with Crippen LogP contribution in [-0.4, -0.2) is 38.7 Å². The van der Waals surface area contributed by atoms with E-state index in [-0.39, 0.29) is 30.3 Å². The Morgan fingerprint density at radius 1 is 0.944 bits per heavy atom. The van der Waals surface area contributed by atoms with Crippen molar-refractivity contribution in [1.82, 2.24) is 9.99 Å². The van der Waals surface area contributed by atoms with Gasteiger partial charge in [-0.1, -0.05) is 81.1 Å². The predicted octanol–water partition coefficient (Wildman–Crippen LogP) is 8.37. The maximum absolute atomic E-state index is 15.3. The van der Waals surface area contributed by atoms with Crippen LogP contribution in [0.15, 0.2) is 95.1 Å². The Morgan fingerprint density at radius 3 is 2.31 bits per heavy atom. The van der Waals surface area contributed by atoms with Crippen molar-refractivity contribution in [2.45, 2.75) is 37.3 Å². The van der Waals surface area contributed by atoms with Gasteiger partial charge in [-0.15, -0.1) is 0 Å². The van der Waals surface area contributed by atoms with Crippen molar-refractivity contribution in [3.05, 3.63) is 127 Å². The minimum atomic E-state index is -4.75. The lowest BCUT2D eigenvalue weighted by Crippen LogP contribution is -2.53. The zero-order chi connectivity index (χ0) is 38.4. The maximum Gasteiger partial charge on any atom is 0.417 e. The third kappa shape index (κ3) is 5.37. The zero-order valence-electron chi connectivity index (χ0n) is 28.1. The molecule has 3 fully saturated rings. The number of halogens is 6. The monoisotopic (exact) mass is 838 g/mol. The van der Waals surface area contributed by atoms with E-state index in [0.717, 1.165) is 4.47 Å². The molecule has 4 aliphatic rings. The third-order valence-corrected chi connectivity index (χ3v) is 12.3. The van der Waals surface area contributed by atoms with Gasteiger partial charge in [0, 0.05) is 27.2 Å². The van der Waals surface area contributed by atoms with Crippen LogP contribution in [0.4, 0.5) is 24.7 Å². The minimum absolute atomic E-state index is 0.0528. The zero-order valence-corrected chi connectivity index (χ0v) is 31.2. The Bertz CT molecular complexity index is 2300. The molecule has 3 heterocycles. The van der Waals surface area contributed by atoms with Crippen LogP contribution in [0.2, 0.25) is 10.0 Å². The summed E-state index contributed by atoms with van der Waals surface area (Å²) in [6.45, 7) is 1.69. The van der Waals surface area contributed by atoms with E-state index in [9.17, 15) is 32.7 Å². The van der Waals surface area contributed by atoms with E-state index in [1.807, 2.05) is 6.08 Å². The first-order valence-corrected chi connectivity index (χ1v) is 18.4. The second-order valence-electron chi connectivity index (χ2n) is 13.9. The highest BCUT2D eigenvalue weighted by Crippen LogP contribution is 2.65. The van der Waals surface area contributed by atoms with Crippen LogP contribution in [0, 0.1) is 30.6 Å². The molecule has 2 saturated heterocycles. The number of pyridine rings is 1. The fourth-order valence-electron chi connectivity index (χ4n) is 8.89. The molecule has 0 bridgehead atoms. The number of aryl methyl sites for hydroxylation is 1. The van der Waals surface area contributed by atoms with Crippen LogP contribution < -0.4 is 10.3 Å². The molecule has 6 atom stereocenters. The summed E-state index contributed by atoms with van der Waals surface area (Å²) < 4.78 is 41.2. The number of hydrogen-bond acceptors (Lipinski definition) is 7. The first-order chi connectivity index (χ1) is 25.6. The number of rotatable bonds is 5. The number of aromatic hydroxyl groups is 1. The molecule has 1 saturated carbocycles. The molecule has 15 heteroatoms. The first kappa shape index (κ1) is 36.3. The summed E-state index contributed by atoms with van der Waals surface area (Å²) in [6, 6.07) is 18.9. The Hall–Kier alpha value is -4.72. The number of benzene rings is 3. The number of carbonyl (C=O) groups is 4. The molecule has 1 aromatic heterocycles. The highest BCUT2D eigenvalue weighted by Gasteiger charge is 2.70. The highest BCUT2D eigenvalue weighted by molar-refractivity contribution is 9.10. The Balaban J connectivity index is 1.32. The number of alkyl halides is 3. The van der Waals surface area contributed by atoms with E-state index in [2.05, 4.69) is 26.3 Å². The molecule has 2 aliphatic carbocycles. The lowest BCUT2D eigenvalue weighted by molar-refractivity contribution is -0.139. The number of aromatic nitrogens is 1. The van der Waals surface area contributed by atoms with Crippen molar-refractivity contribution in [1.29, 1.82) is 0 Å². The molecule has 9 nitrogen and oxygen atoms in total. The minimum Gasteiger partial charge on any atom is -0.507 e. The summed E-state index contributed by atoms with van der Waals surface area (Å²) in [5.41, 5.74) is 1.90. The van der Waals surface area contributed by atoms with Gasteiger partial charge in [-0.05, 0) is 79.3 Å². The molecule has 0 radical (unpaired) electrons. The molecule has 0 unspecified atom stereocenters. The van der Waals surface area contributed by atoms with Crippen LogP contribution in [0.3, 0.4) is 0 Å². The number of nitrogens with zero attached hydrogens (tertiary/aromatic N) is 3. The Morgan fingerprint density at radius 2 is 1.65 bits per heavy atom. The molecular formula is C39H28BrCl2F3N4O5. The lowest BCUT2D eigenvalue weighted by atomic mass is 9.49. The fourth-order valence-corrected chi connectivity index (χ4v) is 9.49. The van der Waals surface area contributed by atoms with Gasteiger partial charge in [-0.3, -0.25) is 29.5 Å². The number of amides is 4. The van der Waals surface area contributed by atoms with Crippen molar-refractivity contribution in [3.8, 4) is 5.75 Å². The fraction of sp³-hybridized carbons (Fsp3) is 0.256. The van der Waals surface area contributed by atoms with Crippen molar-refractivity contribution in [2.24, 2.45) is 23.7 Å². The molecule has 4 amide bonds. The van der Waals surface area contributed by atoms with Gasteiger partial charge in [0.1, 0.15) is 5.75 Å². The normalized spacial score (nSPS) is 26.4. The number of hydrogen-bond donors (Lipinski definition) is 2. The second-order valence-corrected chi connectivity index (χ2v) is 15.7.